The molecule has 4 nitrogen and oxygen atoms in total. The fourth-order valence-electron chi connectivity index (χ4n) is 1.56. The van der Waals surface area contributed by atoms with Crippen molar-refractivity contribution in [1.82, 2.24) is 10.0 Å². The van der Waals surface area contributed by atoms with Crippen LogP contribution in [0.3, 0.4) is 0 Å². The van der Waals surface area contributed by atoms with E-state index in [-0.39, 0.29) is 5.75 Å². The Morgan fingerprint density at radius 2 is 2.17 bits per heavy atom. The summed E-state index contributed by atoms with van der Waals surface area (Å²) in [6.07, 6.45) is 3.10. The molecule has 0 aliphatic heterocycles. The van der Waals surface area contributed by atoms with Gasteiger partial charge in [-0.15, -0.1) is 11.3 Å². The van der Waals surface area contributed by atoms with Crippen molar-refractivity contribution in [3.8, 4) is 0 Å². The van der Waals surface area contributed by atoms with Gasteiger partial charge in [0.1, 0.15) is 0 Å². The first-order valence-electron chi connectivity index (χ1n) is 6.00. The maximum absolute atomic E-state index is 11.7. The third-order valence-electron chi connectivity index (χ3n) is 2.70. The van der Waals surface area contributed by atoms with Gasteiger partial charge in [0.05, 0.1) is 10.1 Å². The first-order valence-corrected chi connectivity index (χ1v) is 8.85. The molecule has 0 saturated heterocycles. The third kappa shape index (κ3) is 5.24. The minimum Gasteiger partial charge on any atom is -0.314 e. The molecule has 1 heterocycles. The molecule has 0 spiro atoms. The average Bonchev–Trinajstić information content (AvgIpc) is 3.04. The molecule has 1 aromatic heterocycles. The number of rotatable bonds is 8. The highest BCUT2D eigenvalue weighted by molar-refractivity contribution is 7.89. The van der Waals surface area contributed by atoms with E-state index in [4.69, 9.17) is 11.6 Å². The standard InChI is InChI=1S/C11H17ClN2O2S2/c12-11-5-4-10(17-11)8-14-18(15,16)7-1-6-13-9-2-3-9/h4-5,9,13-14H,1-3,6-8H2. The normalized spacial score (nSPS) is 16.1. The van der Waals surface area contributed by atoms with E-state index in [1.807, 2.05) is 6.07 Å². The van der Waals surface area contributed by atoms with Gasteiger partial charge in [-0.25, -0.2) is 13.1 Å². The largest absolute Gasteiger partial charge is 0.314 e. The molecular weight excluding hydrogens is 292 g/mol. The Morgan fingerprint density at radius 1 is 1.39 bits per heavy atom. The van der Waals surface area contributed by atoms with Crippen molar-refractivity contribution in [2.45, 2.75) is 31.8 Å². The van der Waals surface area contributed by atoms with E-state index in [0.717, 1.165) is 11.4 Å². The predicted octanol–water partition coefficient (Wildman–Crippen LogP) is 1.96. The summed E-state index contributed by atoms with van der Waals surface area (Å²) in [5.41, 5.74) is 0. The quantitative estimate of drug-likeness (QED) is 0.722. The molecule has 18 heavy (non-hydrogen) atoms. The zero-order chi connectivity index (χ0) is 13.0. The van der Waals surface area contributed by atoms with Gasteiger partial charge in [0, 0.05) is 17.5 Å². The minimum atomic E-state index is -3.17. The Labute approximate surface area is 117 Å². The van der Waals surface area contributed by atoms with E-state index in [9.17, 15) is 8.42 Å². The van der Waals surface area contributed by atoms with E-state index in [1.165, 1.54) is 24.2 Å². The maximum Gasteiger partial charge on any atom is 0.211 e. The lowest BCUT2D eigenvalue weighted by Crippen LogP contribution is -2.28. The molecule has 1 fully saturated rings. The Balaban J connectivity index is 1.66. The van der Waals surface area contributed by atoms with Crippen molar-refractivity contribution in [3.05, 3.63) is 21.3 Å². The Hall–Kier alpha value is -0.140. The fraction of sp³-hybridized carbons (Fsp3) is 0.636. The zero-order valence-electron chi connectivity index (χ0n) is 9.99. The third-order valence-corrected chi connectivity index (χ3v) is 5.34. The number of sulfonamides is 1. The van der Waals surface area contributed by atoms with Crippen LogP contribution in [0.4, 0.5) is 0 Å². The van der Waals surface area contributed by atoms with Gasteiger partial charge in [0.25, 0.3) is 0 Å². The van der Waals surface area contributed by atoms with Gasteiger partial charge in [-0.1, -0.05) is 11.6 Å². The van der Waals surface area contributed by atoms with Gasteiger partial charge in [0.2, 0.25) is 10.0 Å². The lowest BCUT2D eigenvalue weighted by atomic mass is 10.5. The summed E-state index contributed by atoms with van der Waals surface area (Å²) in [5.74, 6) is 0.172. The zero-order valence-corrected chi connectivity index (χ0v) is 12.4. The van der Waals surface area contributed by atoms with Crippen LogP contribution in [-0.4, -0.2) is 26.8 Å². The molecule has 102 valence electrons. The van der Waals surface area contributed by atoms with Gasteiger partial charge in [-0.05, 0) is 37.9 Å². The summed E-state index contributed by atoms with van der Waals surface area (Å²) in [4.78, 5) is 0.930. The van der Waals surface area contributed by atoms with Gasteiger partial charge in [-0.2, -0.15) is 0 Å². The van der Waals surface area contributed by atoms with Crippen molar-refractivity contribution >= 4 is 33.0 Å². The second kappa shape index (κ2) is 6.34. The Bertz CT molecular complexity index is 483. The summed E-state index contributed by atoms with van der Waals surface area (Å²) < 4.78 is 26.7. The highest BCUT2D eigenvalue weighted by Crippen LogP contribution is 2.21. The SMILES string of the molecule is O=S(=O)(CCCNC1CC1)NCc1ccc(Cl)s1. The first-order chi connectivity index (χ1) is 8.55. The Morgan fingerprint density at radius 3 is 2.78 bits per heavy atom. The minimum absolute atomic E-state index is 0.172. The van der Waals surface area contributed by atoms with E-state index in [1.54, 1.807) is 6.07 Å². The molecule has 1 aliphatic carbocycles. The number of thiophene rings is 1. The number of hydrogen-bond donors (Lipinski definition) is 2. The average molecular weight is 309 g/mol. The fourth-order valence-corrected chi connectivity index (χ4v) is 3.72. The molecule has 0 amide bonds. The topological polar surface area (TPSA) is 58.2 Å². The molecular formula is C11H17ClN2O2S2. The summed E-state index contributed by atoms with van der Waals surface area (Å²) >= 11 is 7.18. The number of hydrogen-bond acceptors (Lipinski definition) is 4. The smallest absolute Gasteiger partial charge is 0.211 e. The summed E-state index contributed by atoms with van der Waals surface area (Å²) in [7, 11) is -3.17. The Kier molecular flexibility index (Phi) is 5.03. The van der Waals surface area contributed by atoms with Crippen LogP contribution >= 0.6 is 22.9 Å². The molecule has 2 N–H and O–H groups in total. The lowest BCUT2D eigenvalue weighted by molar-refractivity contribution is 0.574. The molecule has 0 aromatic carbocycles. The van der Waals surface area contributed by atoms with Gasteiger partial charge >= 0.3 is 0 Å². The summed E-state index contributed by atoms with van der Waals surface area (Å²) in [6, 6.07) is 4.24. The molecule has 1 aliphatic rings. The molecule has 1 saturated carbocycles. The van der Waals surface area contributed by atoms with Gasteiger partial charge in [-0.3, -0.25) is 0 Å². The second-order valence-corrected chi connectivity index (χ2v) is 8.15. The molecule has 0 unspecified atom stereocenters. The molecule has 0 radical (unpaired) electrons. The van der Waals surface area contributed by atoms with Crippen LogP contribution < -0.4 is 10.0 Å². The van der Waals surface area contributed by atoms with E-state index < -0.39 is 10.0 Å². The van der Waals surface area contributed by atoms with Gasteiger partial charge < -0.3 is 5.32 Å². The predicted molar refractivity (Wildman–Crippen MR) is 75.6 cm³/mol. The molecule has 0 atom stereocenters. The van der Waals surface area contributed by atoms with Gasteiger partial charge in [0.15, 0.2) is 0 Å². The number of halogens is 1. The van der Waals surface area contributed by atoms with Crippen LogP contribution in [-0.2, 0) is 16.6 Å². The van der Waals surface area contributed by atoms with E-state index >= 15 is 0 Å². The van der Waals surface area contributed by atoms with E-state index in [2.05, 4.69) is 10.0 Å². The first kappa shape index (κ1) is 14.3. The highest BCUT2D eigenvalue weighted by atomic mass is 35.5. The van der Waals surface area contributed by atoms with Crippen LogP contribution in [0.15, 0.2) is 12.1 Å². The molecule has 1 aromatic rings. The monoisotopic (exact) mass is 308 g/mol. The second-order valence-electron chi connectivity index (χ2n) is 4.43. The molecule has 0 bridgehead atoms. The summed E-state index contributed by atoms with van der Waals surface area (Å²) in [6.45, 7) is 1.10. The number of nitrogens with one attached hydrogen (secondary N) is 2. The highest BCUT2D eigenvalue weighted by Gasteiger charge is 2.20. The maximum atomic E-state index is 11.7. The van der Waals surface area contributed by atoms with E-state index in [0.29, 0.717) is 23.3 Å². The van der Waals surface area contributed by atoms with Crippen molar-refractivity contribution < 1.29 is 8.42 Å². The van der Waals surface area contributed by atoms with Crippen LogP contribution in [0, 0.1) is 0 Å². The van der Waals surface area contributed by atoms with Crippen LogP contribution in [0.5, 0.6) is 0 Å². The molecule has 2 rings (SSSR count). The van der Waals surface area contributed by atoms with Crippen molar-refractivity contribution in [1.29, 1.82) is 0 Å². The van der Waals surface area contributed by atoms with Crippen LogP contribution in [0.1, 0.15) is 24.1 Å². The van der Waals surface area contributed by atoms with Crippen molar-refractivity contribution in [2.75, 3.05) is 12.3 Å². The lowest BCUT2D eigenvalue weighted by Gasteiger charge is -2.06. The van der Waals surface area contributed by atoms with Crippen molar-refractivity contribution in [3.63, 3.8) is 0 Å². The van der Waals surface area contributed by atoms with Crippen molar-refractivity contribution in [2.24, 2.45) is 0 Å². The molecule has 7 heteroatoms. The van der Waals surface area contributed by atoms with Crippen LogP contribution in [0.2, 0.25) is 4.34 Å². The van der Waals surface area contributed by atoms with Crippen LogP contribution in [0.25, 0.3) is 0 Å². The summed E-state index contributed by atoms with van der Waals surface area (Å²) in [5, 5.41) is 3.30.